The molecule has 0 atom stereocenters. The number of amides is 2. The number of carbonyl (C=O) groups is 2. The number of hydrogen-bond donors (Lipinski definition) is 1. The third-order valence-corrected chi connectivity index (χ3v) is 5.05. The lowest BCUT2D eigenvalue weighted by molar-refractivity contribution is -0.123. The van der Waals surface area contributed by atoms with E-state index >= 15 is 0 Å². The van der Waals surface area contributed by atoms with Crippen molar-refractivity contribution < 1.29 is 14.3 Å². The van der Waals surface area contributed by atoms with Crippen molar-refractivity contribution in [2.24, 2.45) is 0 Å². The molecule has 1 N–H and O–H groups in total. The molecule has 0 radical (unpaired) electrons. The van der Waals surface area contributed by atoms with Crippen LogP contribution in [0.3, 0.4) is 0 Å². The highest BCUT2D eigenvalue weighted by Crippen LogP contribution is 2.24. The van der Waals surface area contributed by atoms with Crippen LogP contribution in [0.15, 0.2) is 42.5 Å². The highest BCUT2D eigenvalue weighted by molar-refractivity contribution is 5.95. The first kappa shape index (κ1) is 19.9. The molecule has 1 heterocycles. The van der Waals surface area contributed by atoms with Crippen LogP contribution >= 0.6 is 0 Å². The third-order valence-electron chi connectivity index (χ3n) is 5.05. The first-order valence-electron chi connectivity index (χ1n) is 9.83. The van der Waals surface area contributed by atoms with Gasteiger partial charge in [-0.05, 0) is 54.2 Å². The molecule has 1 aliphatic heterocycles. The van der Waals surface area contributed by atoms with Crippen molar-refractivity contribution >= 4 is 17.5 Å². The Morgan fingerprint density at radius 1 is 1.18 bits per heavy atom. The lowest BCUT2D eigenvalue weighted by Crippen LogP contribution is -2.28. The zero-order valence-electron chi connectivity index (χ0n) is 16.8. The molecule has 0 aliphatic carbocycles. The fourth-order valence-corrected chi connectivity index (χ4v) is 3.24. The highest BCUT2D eigenvalue weighted by atomic mass is 16.5. The zero-order chi connectivity index (χ0) is 20.1. The van der Waals surface area contributed by atoms with Crippen molar-refractivity contribution in [3.05, 3.63) is 59.2 Å². The first-order valence-corrected chi connectivity index (χ1v) is 9.83. The van der Waals surface area contributed by atoms with Crippen LogP contribution in [0, 0.1) is 6.92 Å². The lowest BCUT2D eigenvalue weighted by Gasteiger charge is -2.16. The maximum absolute atomic E-state index is 12.1. The predicted molar refractivity (Wildman–Crippen MR) is 111 cm³/mol. The van der Waals surface area contributed by atoms with Gasteiger partial charge in [0.1, 0.15) is 5.75 Å². The van der Waals surface area contributed by atoms with E-state index in [0.29, 0.717) is 18.9 Å². The summed E-state index contributed by atoms with van der Waals surface area (Å²) in [6, 6.07) is 13.9. The van der Waals surface area contributed by atoms with Gasteiger partial charge in [0.05, 0.1) is 0 Å². The molecule has 2 amide bonds. The van der Waals surface area contributed by atoms with Gasteiger partial charge in [-0.25, -0.2) is 0 Å². The van der Waals surface area contributed by atoms with Gasteiger partial charge < -0.3 is 15.0 Å². The summed E-state index contributed by atoms with van der Waals surface area (Å²) in [4.78, 5) is 25.8. The summed E-state index contributed by atoms with van der Waals surface area (Å²) >= 11 is 0. The van der Waals surface area contributed by atoms with Crippen LogP contribution in [0.2, 0.25) is 0 Å². The monoisotopic (exact) mass is 380 g/mol. The molecule has 0 bridgehead atoms. The Kier molecular flexibility index (Phi) is 6.34. The molecule has 0 aromatic heterocycles. The summed E-state index contributed by atoms with van der Waals surface area (Å²) in [7, 11) is 0. The molecule has 1 aliphatic rings. The van der Waals surface area contributed by atoms with Gasteiger partial charge in [-0.3, -0.25) is 9.59 Å². The fraction of sp³-hybridized carbons (Fsp3) is 0.391. The molecule has 148 valence electrons. The number of hydrogen-bond acceptors (Lipinski definition) is 3. The van der Waals surface area contributed by atoms with Crippen LogP contribution in [0.5, 0.6) is 5.75 Å². The van der Waals surface area contributed by atoms with Gasteiger partial charge >= 0.3 is 0 Å². The van der Waals surface area contributed by atoms with E-state index in [4.69, 9.17) is 4.74 Å². The smallest absolute Gasteiger partial charge is 0.258 e. The van der Waals surface area contributed by atoms with Crippen molar-refractivity contribution in [1.82, 2.24) is 5.32 Å². The number of benzene rings is 2. The minimum Gasteiger partial charge on any atom is -0.483 e. The second-order valence-corrected chi connectivity index (χ2v) is 7.56. The second-order valence-electron chi connectivity index (χ2n) is 7.56. The molecule has 2 aromatic carbocycles. The number of ether oxygens (including phenoxy) is 1. The van der Waals surface area contributed by atoms with Crippen LogP contribution in [-0.2, 0) is 16.1 Å². The first-order chi connectivity index (χ1) is 13.4. The number of nitrogens with one attached hydrogen (secondary N) is 1. The lowest BCUT2D eigenvalue weighted by atomic mass is 10.0. The Morgan fingerprint density at radius 2 is 1.93 bits per heavy atom. The standard InChI is InChI=1S/C23H28N2O3/c1-16(2)19-9-6-17(3)21(13-19)28-15-22(26)24-14-18-7-10-20(11-8-18)25-12-4-5-23(25)27/h6-11,13,16H,4-5,12,14-15H2,1-3H3,(H,24,26). The largest absolute Gasteiger partial charge is 0.483 e. The van der Waals surface area contributed by atoms with Gasteiger partial charge in [-0.15, -0.1) is 0 Å². The maximum Gasteiger partial charge on any atom is 0.258 e. The Bertz CT molecular complexity index is 843. The molecular weight excluding hydrogens is 352 g/mol. The van der Waals surface area contributed by atoms with E-state index in [1.165, 1.54) is 5.56 Å². The Hall–Kier alpha value is -2.82. The molecule has 28 heavy (non-hydrogen) atoms. The fourth-order valence-electron chi connectivity index (χ4n) is 3.24. The summed E-state index contributed by atoms with van der Waals surface area (Å²) in [5.74, 6) is 1.18. The van der Waals surface area contributed by atoms with E-state index in [1.807, 2.05) is 48.2 Å². The van der Waals surface area contributed by atoms with Crippen molar-refractivity contribution in [2.45, 2.75) is 46.1 Å². The molecule has 5 nitrogen and oxygen atoms in total. The molecule has 0 saturated carbocycles. The number of rotatable bonds is 7. The molecule has 2 aromatic rings. The van der Waals surface area contributed by atoms with E-state index in [1.54, 1.807) is 0 Å². The van der Waals surface area contributed by atoms with E-state index in [0.717, 1.165) is 35.5 Å². The van der Waals surface area contributed by atoms with Crippen LogP contribution in [0.1, 0.15) is 49.3 Å². The van der Waals surface area contributed by atoms with Crippen LogP contribution in [0.4, 0.5) is 5.69 Å². The van der Waals surface area contributed by atoms with E-state index in [-0.39, 0.29) is 18.4 Å². The second kappa shape index (κ2) is 8.91. The number of nitrogens with zero attached hydrogens (tertiary/aromatic N) is 1. The van der Waals surface area contributed by atoms with Crippen molar-refractivity contribution in [3.63, 3.8) is 0 Å². The minimum atomic E-state index is -0.159. The Labute approximate surface area is 166 Å². The normalized spacial score (nSPS) is 13.9. The van der Waals surface area contributed by atoms with Crippen molar-refractivity contribution in [1.29, 1.82) is 0 Å². The number of carbonyl (C=O) groups excluding carboxylic acids is 2. The van der Waals surface area contributed by atoms with Gasteiger partial charge in [0.2, 0.25) is 5.91 Å². The Balaban J connectivity index is 1.49. The molecule has 0 unspecified atom stereocenters. The van der Waals surface area contributed by atoms with Crippen LogP contribution in [-0.4, -0.2) is 25.0 Å². The number of anilines is 1. The maximum atomic E-state index is 12.1. The molecule has 0 spiro atoms. The average Bonchev–Trinajstić information content (AvgIpc) is 3.12. The topological polar surface area (TPSA) is 58.6 Å². The van der Waals surface area contributed by atoms with Gasteiger partial charge in [0.15, 0.2) is 6.61 Å². The van der Waals surface area contributed by atoms with Gasteiger partial charge in [-0.1, -0.05) is 38.1 Å². The van der Waals surface area contributed by atoms with E-state index < -0.39 is 0 Å². The van der Waals surface area contributed by atoms with Crippen molar-refractivity contribution in [3.8, 4) is 5.75 Å². The summed E-state index contributed by atoms with van der Waals surface area (Å²) in [6.07, 6.45) is 1.54. The summed E-state index contributed by atoms with van der Waals surface area (Å²) < 4.78 is 5.72. The van der Waals surface area contributed by atoms with Crippen molar-refractivity contribution in [2.75, 3.05) is 18.1 Å². The quantitative estimate of drug-likeness (QED) is 0.791. The zero-order valence-corrected chi connectivity index (χ0v) is 16.8. The van der Waals surface area contributed by atoms with Gasteiger partial charge in [0, 0.05) is 25.2 Å². The molecule has 1 fully saturated rings. The molecule has 1 saturated heterocycles. The van der Waals surface area contributed by atoms with Crippen LogP contribution in [0.25, 0.3) is 0 Å². The Morgan fingerprint density at radius 3 is 2.57 bits per heavy atom. The van der Waals surface area contributed by atoms with Gasteiger partial charge in [0.25, 0.3) is 5.91 Å². The highest BCUT2D eigenvalue weighted by Gasteiger charge is 2.21. The summed E-state index contributed by atoms with van der Waals surface area (Å²) in [5, 5.41) is 2.88. The number of aryl methyl sites for hydroxylation is 1. The third kappa shape index (κ3) is 4.91. The van der Waals surface area contributed by atoms with Gasteiger partial charge in [-0.2, -0.15) is 0 Å². The minimum absolute atomic E-state index is 0.0112. The molecule has 5 heteroatoms. The average molecular weight is 380 g/mol. The van der Waals surface area contributed by atoms with E-state index in [2.05, 4.69) is 25.2 Å². The molecule has 3 rings (SSSR count). The predicted octanol–water partition coefficient (Wildman–Crippen LogP) is 3.94. The van der Waals surface area contributed by atoms with E-state index in [9.17, 15) is 9.59 Å². The molecular formula is C23H28N2O3. The summed E-state index contributed by atoms with van der Waals surface area (Å²) in [6.45, 7) is 7.44. The summed E-state index contributed by atoms with van der Waals surface area (Å²) in [5.41, 5.74) is 4.12. The van der Waals surface area contributed by atoms with Crippen LogP contribution < -0.4 is 15.0 Å². The SMILES string of the molecule is Cc1ccc(C(C)C)cc1OCC(=O)NCc1ccc(N2CCCC2=O)cc1.